The van der Waals surface area contributed by atoms with Crippen LogP contribution in [0.25, 0.3) is 0 Å². The van der Waals surface area contributed by atoms with Crippen LogP contribution in [0, 0.1) is 13.8 Å². The Labute approximate surface area is 136 Å². The molecule has 0 saturated carbocycles. The molecule has 2 rings (SSSR count). The summed E-state index contributed by atoms with van der Waals surface area (Å²) in [4.78, 5) is 11.9. The Morgan fingerprint density at radius 2 is 1.86 bits per heavy atom. The van der Waals surface area contributed by atoms with Crippen LogP contribution in [0.2, 0.25) is 5.02 Å². The van der Waals surface area contributed by atoms with Crippen molar-refractivity contribution in [3.05, 3.63) is 64.2 Å². The highest BCUT2D eigenvalue weighted by Crippen LogP contribution is 2.15. The van der Waals surface area contributed by atoms with Gasteiger partial charge in [0.05, 0.1) is 0 Å². The molecule has 0 bridgehead atoms. The quantitative estimate of drug-likeness (QED) is 0.789. The number of carbonyl (C=O) groups excluding carboxylic acids is 1. The number of carbonyl (C=O) groups is 1. The molecule has 0 radical (unpaired) electrons. The van der Waals surface area contributed by atoms with Gasteiger partial charge in [0, 0.05) is 30.2 Å². The second kappa shape index (κ2) is 7.97. The zero-order valence-corrected chi connectivity index (χ0v) is 13.7. The molecule has 0 aliphatic rings. The van der Waals surface area contributed by atoms with Gasteiger partial charge in [0.15, 0.2) is 0 Å². The first-order valence-electron chi connectivity index (χ1n) is 7.37. The van der Waals surface area contributed by atoms with Gasteiger partial charge in [-0.15, -0.1) is 0 Å². The Balaban J connectivity index is 1.74. The van der Waals surface area contributed by atoms with E-state index in [1.165, 1.54) is 11.1 Å². The first-order valence-corrected chi connectivity index (χ1v) is 7.75. The predicted molar refractivity (Wildman–Crippen MR) is 92.3 cm³/mol. The number of amides is 1. The van der Waals surface area contributed by atoms with Crippen molar-refractivity contribution in [1.82, 2.24) is 5.32 Å². The molecule has 0 atom stereocenters. The van der Waals surface area contributed by atoms with Gasteiger partial charge < -0.3 is 10.6 Å². The number of hydrogen-bond acceptors (Lipinski definition) is 2. The highest BCUT2D eigenvalue weighted by atomic mass is 35.5. The van der Waals surface area contributed by atoms with Crippen LogP contribution in [0.15, 0.2) is 42.5 Å². The van der Waals surface area contributed by atoms with E-state index in [9.17, 15) is 4.79 Å². The van der Waals surface area contributed by atoms with Crippen molar-refractivity contribution < 1.29 is 4.79 Å². The Bertz CT molecular complexity index is 655. The number of anilines is 1. The second-order valence-electron chi connectivity index (χ2n) is 5.37. The molecular formula is C18H21ClN2O. The van der Waals surface area contributed by atoms with Gasteiger partial charge in [-0.25, -0.2) is 0 Å². The maximum absolute atomic E-state index is 11.9. The van der Waals surface area contributed by atoms with E-state index in [0.717, 1.165) is 16.3 Å². The SMILES string of the molecule is Cc1ccc(NC(=O)CCNCc2ccccc2Cl)cc1C. The molecule has 0 fully saturated rings. The monoisotopic (exact) mass is 316 g/mol. The lowest BCUT2D eigenvalue weighted by molar-refractivity contribution is -0.116. The van der Waals surface area contributed by atoms with Crippen molar-refractivity contribution in [2.45, 2.75) is 26.8 Å². The maximum atomic E-state index is 11.9. The summed E-state index contributed by atoms with van der Waals surface area (Å²) in [5.41, 5.74) is 4.28. The second-order valence-corrected chi connectivity index (χ2v) is 5.77. The van der Waals surface area contributed by atoms with E-state index in [0.29, 0.717) is 19.5 Å². The number of nitrogens with one attached hydrogen (secondary N) is 2. The first kappa shape index (κ1) is 16.5. The molecule has 1 amide bonds. The van der Waals surface area contributed by atoms with Crippen LogP contribution < -0.4 is 10.6 Å². The normalized spacial score (nSPS) is 10.5. The average molecular weight is 317 g/mol. The van der Waals surface area contributed by atoms with E-state index < -0.39 is 0 Å². The fraction of sp³-hybridized carbons (Fsp3) is 0.278. The van der Waals surface area contributed by atoms with Gasteiger partial charge in [0.2, 0.25) is 5.91 Å². The summed E-state index contributed by atoms with van der Waals surface area (Å²) in [5, 5.41) is 6.89. The van der Waals surface area contributed by atoms with Gasteiger partial charge in [-0.3, -0.25) is 4.79 Å². The van der Waals surface area contributed by atoms with Crippen LogP contribution in [-0.2, 0) is 11.3 Å². The van der Waals surface area contributed by atoms with Crippen LogP contribution in [-0.4, -0.2) is 12.5 Å². The van der Waals surface area contributed by atoms with Gasteiger partial charge in [-0.05, 0) is 48.7 Å². The third-order valence-electron chi connectivity index (χ3n) is 3.59. The molecule has 22 heavy (non-hydrogen) atoms. The third kappa shape index (κ3) is 4.86. The summed E-state index contributed by atoms with van der Waals surface area (Å²) in [6, 6.07) is 13.6. The molecule has 3 nitrogen and oxygen atoms in total. The van der Waals surface area contributed by atoms with E-state index in [1.54, 1.807) is 0 Å². The molecule has 2 aromatic carbocycles. The summed E-state index contributed by atoms with van der Waals surface area (Å²) in [6.45, 7) is 5.37. The maximum Gasteiger partial charge on any atom is 0.225 e. The van der Waals surface area contributed by atoms with Gasteiger partial charge in [-0.2, -0.15) is 0 Å². The zero-order chi connectivity index (χ0) is 15.9. The van der Waals surface area contributed by atoms with Gasteiger partial charge in [0.1, 0.15) is 0 Å². The molecule has 0 unspecified atom stereocenters. The van der Waals surface area contributed by atoms with E-state index in [1.807, 2.05) is 49.4 Å². The molecule has 116 valence electrons. The number of benzene rings is 2. The van der Waals surface area contributed by atoms with E-state index in [2.05, 4.69) is 17.6 Å². The Hall–Kier alpha value is -1.84. The number of aryl methyl sites for hydroxylation is 2. The molecule has 0 saturated heterocycles. The van der Waals surface area contributed by atoms with Gasteiger partial charge >= 0.3 is 0 Å². The minimum absolute atomic E-state index is 0.00918. The molecule has 2 N–H and O–H groups in total. The lowest BCUT2D eigenvalue weighted by Crippen LogP contribution is -2.21. The summed E-state index contributed by atoms with van der Waals surface area (Å²) in [6.07, 6.45) is 0.428. The molecule has 2 aromatic rings. The first-order chi connectivity index (χ1) is 10.6. The number of hydrogen-bond donors (Lipinski definition) is 2. The third-order valence-corrected chi connectivity index (χ3v) is 3.96. The molecule has 0 aliphatic heterocycles. The molecule has 4 heteroatoms. The van der Waals surface area contributed by atoms with Crippen LogP contribution in [0.3, 0.4) is 0 Å². The predicted octanol–water partition coefficient (Wildman–Crippen LogP) is 4.08. The number of rotatable bonds is 6. The Kier molecular flexibility index (Phi) is 5.99. The van der Waals surface area contributed by atoms with Gasteiger partial charge in [0.25, 0.3) is 0 Å². The van der Waals surface area contributed by atoms with E-state index in [-0.39, 0.29) is 5.91 Å². The summed E-state index contributed by atoms with van der Waals surface area (Å²) in [5.74, 6) is 0.00918. The summed E-state index contributed by atoms with van der Waals surface area (Å²) < 4.78 is 0. The Morgan fingerprint density at radius 3 is 2.59 bits per heavy atom. The molecule has 0 heterocycles. The fourth-order valence-electron chi connectivity index (χ4n) is 2.11. The average Bonchev–Trinajstić information content (AvgIpc) is 2.49. The Morgan fingerprint density at radius 1 is 1.09 bits per heavy atom. The van der Waals surface area contributed by atoms with Crippen molar-refractivity contribution in [2.24, 2.45) is 0 Å². The topological polar surface area (TPSA) is 41.1 Å². The van der Waals surface area contributed by atoms with Crippen molar-refractivity contribution in [3.8, 4) is 0 Å². The molecule has 0 aliphatic carbocycles. The lowest BCUT2D eigenvalue weighted by Gasteiger charge is -2.09. The minimum Gasteiger partial charge on any atom is -0.326 e. The van der Waals surface area contributed by atoms with Crippen molar-refractivity contribution >= 4 is 23.2 Å². The molecular weight excluding hydrogens is 296 g/mol. The van der Waals surface area contributed by atoms with Crippen LogP contribution >= 0.6 is 11.6 Å². The van der Waals surface area contributed by atoms with Crippen LogP contribution in [0.5, 0.6) is 0 Å². The van der Waals surface area contributed by atoms with Crippen molar-refractivity contribution in [1.29, 1.82) is 0 Å². The highest BCUT2D eigenvalue weighted by Gasteiger charge is 2.04. The summed E-state index contributed by atoms with van der Waals surface area (Å²) in [7, 11) is 0. The molecule has 0 aromatic heterocycles. The minimum atomic E-state index is 0.00918. The van der Waals surface area contributed by atoms with Crippen molar-refractivity contribution in [3.63, 3.8) is 0 Å². The summed E-state index contributed by atoms with van der Waals surface area (Å²) >= 11 is 6.08. The highest BCUT2D eigenvalue weighted by molar-refractivity contribution is 6.31. The van der Waals surface area contributed by atoms with Gasteiger partial charge in [-0.1, -0.05) is 35.9 Å². The van der Waals surface area contributed by atoms with Crippen molar-refractivity contribution in [2.75, 3.05) is 11.9 Å². The van der Waals surface area contributed by atoms with E-state index in [4.69, 9.17) is 11.6 Å². The van der Waals surface area contributed by atoms with Crippen LogP contribution in [0.4, 0.5) is 5.69 Å². The molecule has 0 spiro atoms. The van der Waals surface area contributed by atoms with E-state index >= 15 is 0 Å². The standard InChI is InChI=1S/C18H21ClN2O/c1-13-7-8-16(11-14(13)2)21-18(22)9-10-20-12-15-5-3-4-6-17(15)19/h3-8,11,20H,9-10,12H2,1-2H3,(H,21,22). The zero-order valence-electron chi connectivity index (χ0n) is 12.9. The largest absolute Gasteiger partial charge is 0.326 e. The van der Waals surface area contributed by atoms with Crippen LogP contribution in [0.1, 0.15) is 23.1 Å². The smallest absolute Gasteiger partial charge is 0.225 e. The fourth-order valence-corrected chi connectivity index (χ4v) is 2.31. The number of halogens is 1. The lowest BCUT2D eigenvalue weighted by atomic mass is 10.1.